The predicted octanol–water partition coefficient (Wildman–Crippen LogP) is 1.34. The van der Waals surface area contributed by atoms with Gasteiger partial charge in [-0.1, -0.05) is 6.92 Å². The fourth-order valence-corrected chi connectivity index (χ4v) is 2.31. The van der Waals surface area contributed by atoms with Gasteiger partial charge in [0, 0.05) is 0 Å². The van der Waals surface area contributed by atoms with E-state index in [1.54, 1.807) is 0 Å². The minimum atomic E-state index is -3.55. The predicted molar refractivity (Wildman–Crippen MR) is 56.6 cm³/mol. The van der Waals surface area contributed by atoms with Crippen molar-refractivity contribution >= 4 is 31.7 Å². The number of carboxylic acids is 1. The molecular formula is C8H8BrNO4S. The van der Waals surface area contributed by atoms with Gasteiger partial charge in [0.25, 0.3) is 0 Å². The molecule has 0 aliphatic heterocycles. The minimum Gasteiger partial charge on any atom is -0.476 e. The van der Waals surface area contributed by atoms with Gasteiger partial charge in [0.1, 0.15) is 9.50 Å². The third-order valence-electron chi connectivity index (χ3n) is 1.74. The molecule has 0 atom stereocenters. The van der Waals surface area contributed by atoms with E-state index in [0.717, 1.165) is 0 Å². The largest absolute Gasteiger partial charge is 0.476 e. The zero-order chi connectivity index (χ0) is 11.6. The lowest BCUT2D eigenvalue weighted by atomic mass is 10.3. The second kappa shape index (κ2) is 4.28. The van der Waals surface area contributed by atoms with E-state index in [9.17, 15) is 13.2 Å². The molecule has 1 heterocycles. The van der Waals surface area contributed by atoms with E-state index in [2.05, 4.69) is 20.9 Å². The maximum atomic E-state index is 11.5. The topological polar surface area (TPSA) is 84.3 Å². The van der Waals surface area contributed by atoms with Crippen LogP contribution in [0.25, 0.3) is 0 Å². The Balaban J connectivity index is 3.49. The van der Waals surface area contributed by atoms with Gasteiger partial charge in [-0.05, 0) is 28.1 Å². The normalized spacial score (nSPS) is 11.3. The average molecular weight is 294 g/mol. The summed E-state index contributed by atoms with van der Waals surface area (Å²) in [4.78, 5) is 14.2. The highest BCUT2D eigenvalue weighted by molar-refractivity contribution is 9.10. The lowest BCUT2D eigenvalue weighted by Gasteiger charge is -2.04. The lowest BCUT2D eigenvalue weighted by molar-refractivity contribution is 0.0685. The van der Waals surface area contributed by atoms with Gasteiger partial charge in [0.05, 0.1) is 5.75 Å². The van der Waals surface area contributed by atoms with Crippen molar-refractivity contribution in [3.05, 3.63) is 22.4 Å². The van der Waals surface area contributed by atoms with Gasteiger partial charge in [-0.25, -0.2) is 18.2 Å². The van der Waals surface area contributed by atoms with Gasteiger partial charge in [-0.3, -0.25) is 0 Å². The van der Waals surface area contributed by atoms with Crippen molar-refractivity contribution in [1.82, 2.24) is 4.98 Å². The molecule has 0 saturated carbocycles. The fraction of sp³-hybridized carbons (Fsp3) is 0.250. The molecule has 1 rings (SSSR count). The summed E-state index contributed by atoms with van der Waals surface area (Å²) in [5.74, 6) is -1.51. The Morgan fingerprint density at radius 3 is 2.60 bits per heavy atom. The van der Waals surface area contributed by atoms with E-state index in [1.807, 2.05) is 0 Å². The highest BCUT2D eigenvalue weighted by Gasteiger charge is 2.22. The van der Waals surface area contributed by atoms with E-state index in [-0.39, 0.29) is 15.3 Å². The van der Waals surface area contributed by atoms with E-state index in [4.69, 9.17) is 5.11 Å². The number of halogens is 1. The Hall–Kier alpha value is -0.950. The van der Waals surface area contributed by atoms with Crippen LogP contribution in [0.2, 0.25) is 0 Å². The first-order chi connectivity index (χ1) is 6.88. The van der Waals surface area contributed by atoms with Crippen LogP contribution in [0.15, 0.2) is 21.6 Å². The highest BCUT2D eigenvalue weighted by atomic mass is 79.9. The van der Waals surface area contributed by atoms with Crippen molar-refractivity contribution in [3.8, 4) is 0 Å². The van der Waals surface area contributed by atoms with Gasteiger partial charge in [-0.15, -0.1) is 0 Å². The van der Waals surface area contributed by atoms with E-state index in [0.29, 0.717) is 0 Å². The third-order valence-corrected chi connectivity index (χ3v) is 3.94. The van der Waals surface area contributed by atoms with Gasteiger partial charge < -0.3 is 5.11 Å². The summed E-state index contributed by atoms with van der Waals surface area (Å²) in [6, 6.07) is 2.63. The zero-order valence-electron chi connectivity index (χ0n) is 7.77. The minimum absolute atomic E-state index is 0.156. The Bertz CT molecular complexity index is 497. The zero-order valence-corrected chi connectivity index (χ0v) is 10.2. The van der Waals surface area contributed by atoms with Crippen molar-refractivity contribution in [1.29, 1.82) is 0 Å². The molecule has 0 fully saturated rings. The van der Waals surface area contributed by atoms with Crippen LogP contribution in [-0.4, -0.2) is 30.2 Å². The van der Waals surface area contributed by atoms with Crippen LogP contribution in [0.4, 0.5) is 0 Å². The third kappa shape index (κ3) is 2.54. The summed E-state index contributed by atoms with van der Waals surface area (Å²) in [6.07, 6.45) is 0. The number of hydrogen-bond donors (Lipinski definition) is 1. The maximum Gasteiger partial charge on any atom is 0.355 e. The molecule has 15 heavy (non-hydrogen) atoms. The molecule has 0 radical (unpaired) electrons. The first kappa shape index (κ1) is 12.1. The second-order valence-electron chi connectivity index (χ2n) is 2.69. The summed E-state index contributed by atoms with van der Waals surface area (Å²) in [7, 11) is -3.55. The molecular weight excluding hydrogens is 286 g/mol. The van der Waals surface area contributed by atoms with Crippen molar-refractivity contribution in [2.75, 3.05) is 5.75 Å². The molecule has 1 aromatic heterocycles. The Morgan fingerprint density at radius 1 is 1.53 bits per heavy atom. The molecule has 0 aliphatic rings. The van der Waals surface area contributed by atoms with Crippen molar-refractivity contribution in [2.45, 2.75) is 11.8 Å². The molecule has 1 aromatic rings. The lowest BCUT2D eigenvalue weighted by Crippen LogP contribution is -2.12. The Kier molecular flexibility index (Phi) is 3.46. The van der Waals surface area contributed by atoms with Crippen LogP contribution >= 0.6 is 15.9 Å². The molecule has 82 valence electrons. The number of sulfone groups is 1. The molecule has 0 spiro atoms. The quantitative estimate of drug-likeness (QED) is 0.850. The number of aromatic carboxylic acids is 1. The number of aromatic nitrogens is 1. The SMILES string of the molecule is CCS(=O)(=O)c1ccc(Br)nc1C(=O)O. The standard InChI is InChI=1S/C8H8BrNO4S/c1-2-15(13,14)5-3-4-6(9)10-7(5)8(11)12/h3-4H,2H2,1H3,(H,11,12). The van der Waals surface area contributed by atoms with E-state index >= 15 is 0 Å². The molecule has 5 nitrogen and oxygen atoms in total. The molecule has 7 heteroatoms. The summed E-state index contributed by atoms with van der Waals surface area (Å²) in [5, 5.41) is 8.80. The van der Waals surface area contributed by atoms with E-state index < -0.39 is 21.5 Å². The van der Waals surface area contributed by atoms with Gasteiger partial charge in [-0.2, -0.15) is 0 Å². The molecule has 0 aromatic carbocycles. The number of hydrogen-bond acceptors (Lipinski definition) is 4. The van der Waals surface area contributed by atoms with Crippen LogP contribution < -0.4 is 0 Å². The summed E-state index contributed by atoms with van der Waals surface area (Å²) in [6.45, 7) is 1.45. The first-order valence-electron chi connectivity index (χ1n) is 4.01. The fourth-order valence-electron chi connectivity index (χ4n) is 0.982. The molecule has 0 amide bonds. The van der Waals surface area contributed by atoms with Crippen LogP contribution in [0, 0.1) is 0 Å². The first-order valence-corrected chi connectivity index (χ1v) is 6.45. The Morgan fingerprint density at radius 2 is 2.13 bits per heavy atom. The highest BCUT2D eigenvalue weighted by Crippen LogP contribution is 2.18. The van der Waals surface area contributed by atoms with Crippen molar-refractivity contribution in [2.24, 2.45) is 0 Å². The molecule has 0 aliphatic carbocycles. The van der Waals surface area contributed by atoms with Crippen molar-refractivity contribution < 1.29 is 18.3 Å². The van der Waals surface area contributed by atoms with Crippen LogP contribution in [0.5, 0.6) is 0 Å². The van der Waals surface area contributed by atoms with Gasteiger partial charge >= 0.3 is 5.97 Å². The molecule has 0 bridgehead atoms. The van der Waals surface area contributed by atoms with Crippen molar-refractivity contribution in [3.63, 3.8) is 0 Å². The maximum absolute atomic E-state index is 11.5. The number of rotatable bonds is 3. The monoisotopic (exact) mass is 293 g/mol. The summed E-state index contributed by atoms with van der Waals surface area (Å²) >= 11 is 2.98. The summed E-state index contributed by atoms with van der Waals surface area (Å²) < 4.78 is 23.3. The number of carbonyl (C=O) groups is 1. The van der Waals surface area contributed by atoms with Crippen LogP contribution in [-0.2, 0) is 9.84 Å². The van der Waals surface area contributed by atoms with Crippen LogP contribution in [0.1, 0.15) is 17.4 Å². The smallest absolute Gasteiger partial charge is 0.355 e. The second-order valence-corrected chi connectivity index (χ2v) is 5.75. The Labute approximate surface area is 95.2 Å². The number of carboxylic acid groups (broad SMARTS) is 1. The van der Waals surface area contributed by atoms with Gasteiger partial charge in [0.2, 0.25) is 0 Å². The number of nitrogens with zero attached hydrogens (tertiary/aromatic N) is 1. The molecule has 0 unspecified atom stereocenters. The molecule has 0 saturated heterocycles. The summed E-state index contributed by atoms with van der Waals surface area (Å²) in [5.41, 5.74) is -0.453. The molecule has 1 N–H and O–H groups in total. The van der Waals surface area contributed by atoms with Gasteiger partial charge in [0.15, 0.2) is 15.5 Å². The number of pyridine rings is 1. The van der Waals surface area contributed by atoms with Crippen LogP contribution in [0.3, 0.4) is 0 Å². The average Bonchev–Trinajstić information content (AvgIpc) is 2.17. The van der Waals surface area contributed by atoms with E-state index in [1.165, 1.54) is 19.1 Å².